The van der Waals surface area contributed by atoms with Gasteiger partial charge in [-0.05, 0) is 49.6 Å². The fourth-order valence-electron chi connectivity index (χ4n) is 3.56. The normalized spacial score (nSPS) is 13.0. The van der Waals surface area contributed by atoms with Crippen LogP contribution in [0.5, 0.6) is 11.5 Å². The summed E-state index contributed by atoms with van der Waals surface area (Å²) in [6.07, 6.45) is 1.22. The third-order valence-electron chi connectivity index (χ3n) is 5.19. The Kier molecular flexibility index (Phi) is 8.04. The maximum atomic E-state index is 13.3. The lowest BCUT2D eigenvalue weighted by Crippen LogP contribution is -2.49. The van der Waals surface area contributed by atoms with Gasteiger partial charge < -0.3 is 19.7 Å². The Morgan fingerprint density at radius 2 is 1.81 bits per heavy atom. The molecule has 2 aromatic rings. The smallest absolute Gasteiger partial charge is 0.242 e. The van der Waals surface area contributed by atoms with E-state index in [1.807, 2.05) is 32.0 Å². The van der Waals surface area contributed by atoms with E-state index in [0.29, 0.717) is 46.5 Å². The molecule has 31 heavy (non-hydrogen) atoms. The van der Waals surface area contributed by atoms with Crippen molar-refractivity contribution in [3.63, 3.8) is 0 Å². The molecule has 2 aromatic carbocycles. The number of hydrogen-bond donors (Lipinski definition) is 1. The molecule has 0 unspecified atom stereocenters. The molecule has 166 valence electrons. The largest absolute Gasteiger partial charge is 0.454 e. The Morgan fingerprint density at radius 3 is 2.48 bits per heavy atom. The summed E-state index contributed by atoms with van der Waals surface area (Å²) in [5, 5.41) is 3.75. The highest BCUT2D eigenvalue weighted by Gasteiger charge is 2.29. The number of benzene rings is 2. The van der Waals surface area contributed by atoms with Crippen LogP contribution in [0.15, 0.2) is 36.4 Å². The molecule has 8 heteroatoms. The second-order valence-corrected chi connectivity index (χ2v) is 8.04. The average Bonchev–Trinajstić information content (AvgIpc) is 3.22. The van der Waals surface area contributed by atoms with Crippen LogP contribution in [0.3, 0.4) is 0 Å². The van der Waals surface area contributed by atoms with Gasteiger partial charge in [0.05, 0.1) is 0 Å². The number of rotatable bonds is 9. The molecule has 1 aliphatic heterocycles. The summed E-state index contributed by atoms with van der Waals surface area (Å²) >= 11 is 12.7. The molecule has 3 rings (SSSR count). The van der Waals surface area contributed by atoms with Gasteiger partial charge in [-0.15, -0.1) is 0 Å². The molecular weight excluding hydrogens is 439 g/mol. The molecule has 0 saturated heterocycles. The number of hydrogen-bond acceptors (Lipinski definition) is 4. The SMILES string of the molecule is CCNC(=O)[C@H](CC)N(Cc1c(Cl)cccc1Cl)C(=O)CCc1ccc2c(c1)OCO2. The van der Waals surface area contributed by atoms with E-state index in [-0.39, 0.29) is 31.6 Å². The van der Waals surface area contributed by atoms with Gasteiger partial charge in [0.25, 0.3) is 0 Å². The lowest BCUT2D eigenvalue weighted by molar-refractivity contribution is -0.141. The van der Waals surface area contributed by atoms with Crippen LogP contribution >= 0.6 is 23.2 Å². The van der Waals surface area contributed by atoms with Gasteiger partial charge in [-0.3, -0.25) is 9.59 Å². The number of likely N-dealkylation sites (N-methyl/N-ethyl adjacent to an activating group) is 1. The van der Waals surface area contributed by atoms with Crippen molar-refractivity contribution < 1.29 is 19.1 Å². The number of aryl methyl sites for hydroxylation is 1. The summed E-state index contributed by atoms with van der Waals surface area (Å²) in [4.78, 5) is 27.5. The van der Waals surface area contributed by atoms with Gasteiger partial charge in [0.15, 0.2) is 11.5 Å². The first-order valence-corrected chi connectivity index (χ1v) is 11.1. The monoisotopic (exact) mass is 464 g/mol. The van der Waals surface area contributed by atoms with Crippen molar-refractivity contribution in [3.8, 4) is 11.5 Å². The molecule has 1 N–H and O–H groups in total. The minimum absolute atomic E-state index is 0.147. The molecule has 0 aromatic heterocycles. The van der Waals surface area contributed by atoms with E-state index < -0.39 is 6.04 Å². The molecule has 0 bridgehead atoms. The summed E-state index contributed by atoms with van der Waals surface area (Å²) in [5.41, 5.74) is 1.59. The van der Waals surface area contributed by atoms with E-state index in [0.717, 1.165) is 5.56 Å². The van der Waals surface area contributed by atoms with Crippen LogP contribution in [-0.4, -0.2) is 36.1 Å². The predicted molar refractivity (Wildman–Crippen MR) is 121 cm³/mol. The zero-order valence-corrected chi connectivity index (χ0v) is 19.1. The third kappa shape index (κ3) is 5.63. The van der Waals surface area contributed by atoms with E-state index in [1.165, 1.54) is 0 Å². The van der Waals surface area contributed by atoms with Crippen molar-refractivity contribution in [1.82, 2.24) is 10.2 Å². The van der Waals surface area contributed by atoms with Crippen LogP contribution in [0.1, 0.15) is 37.8 Å². The molecule has 0 spiro atoms. The van der Waals surface area contributed by atoms with Gasteiger partial charge in [-0.2, -0.15) is 0 Å². The maximum Gasteiger partial charge on any atom is 0.242 e. The highest BCUT2D eigenvalue weighted by Crippen LogP contribution is 2.33. The molecule has 6 nitrogen and oxygen atoms in total. The first kappa shape index (κ1) is 23.2. The second kappa shape index (κ2) is 10.7. The molecule has 0 radical (unpaired) electrons. The van der Waals surface area contributed by atoms with Crippen molar-refractivity contribution in [2.75, 3.05) is 13.3 Å². The third-order valence-corrected chi connectivity index (χ3v) is 5.90. The van der Waals surface area contributed by atoms with Crippen LogP contribution in [0.2, 0.25) is 10.0 Å². The first-order chi connectivity index (χ1) is 14.9. The Morgan fingerprint density at radius 1 is 1.10 bits per heavy atom. The predicted octanol–water partition coefficient (Wildman–Crippen LogP) is 4.60. The van der Waals surface area contributed by atoms with Gasteiger partial charge in [0.2, 0.25) is 18.6 Å². The number of fused-ring (bicyclic) bond motifs is 1. The van der Waals surface area contributed by atoms with Crippen LogP contribution in [-0.2, 0) is 22.6 Å². The Bertz CT molecular complexity index is 931. The molecule has 1 atom stereocenters. The Balaban J connectivity index is 1.80. The van der Waals surface area contributed by atoms with E-state index >= 15 is 0 Å². The molecule has 0 fully saturated rings. The minimum atomic E-state index is -0.614. The van der Waals surface area contributed by atoms with Crippen molar-refractivity contribution in [3.05, 3.63) is 57.6 Å². The van der Waals surface area contributed by atoms with Gasteiger partial charge >= 0.3 is 0 Å². The molecule has 2 amide bonds. The van der Waals surface area contributed by atoms with Crippen molar-refractivity contribution in [2.24, 2.45) is 0 Å². The summed E-state index contributed by atoms with van der Waals surface area (Å²) in [6, 6.07) is 10.2. The lowest BCUT2D eigenvalue weighted by atomic mass is 10.1. The minimum Gasteiger partial charge on any atom is -0.454 e. The number of nitrogens with one attached hydrogen (secondary N) is 1. The van der Waals surface area contributed by atoms with Crippen LogP contribution in [0, 0.1) is 0 Å². The van der Waals surface area contributed by atoms with Gasteiger partial charge in [0.1, 0.15) is 6.04 Å². The second-order valence-electron chi connectivity index (χ2n) is 7.23. The number of nitrogens with zero attached hydrogens (tertiary/aromatic N) is 1. The highest BCUT2D eigenvalue weighted by molar-refractivity contribution is 6.36. The van der Waals surface area contributed by atoms with Gasteiger partial charge in [-0.25, -0.2) is 0 Å². The first-order valence-electron chi connectivity index (χ1n) is 10.3. The van der Waals surface area contributed by atoms with Gasteiger partial charge in [-0.1, -0.05) is 42.3 Å². The number of amides is 2. The quantitative estimate of drug-likeness (QED) is 0.588. The standard InChI is InChI=1S/C23H26Cl2N2O4/c1-3-19(23(29)26-4-2)27(13-16-17(24)6-5-7-18(16)25)22(28)11-9-15-8-10-20-21(12-15)31-14-30-20/h5-8,10,12,19H,3-4,9,11,13-14H2,1-2H3,(H,26,29)/t19-/m0/s1. The highest BCUT2D eigenvalue weighted by atomic mass is 35.5. The fraction of sp³-hybridized carbons (Fsp3) is 0.391. The topological polar surface area (TPSA) is 67.9 Å². The summed E-state index contributed by atoms with van der Waals surface area (Å²) in [5.74, 6) is 1.04. The zero-order valence-electron chi connectivity index (χ0n) is 17.6. The molecular formula is C23H26Cl2N2O4. The van der Waals surface area contributed by atoms with Crippen LogP contribution in [0.4, 0.5) is 0 Å². The van der Waals surface area contributed by atoms with E-state index in [2.05, 4.69) is 5.32 Å². The summed E-state index contributed by atoms with van der Waals surface area (Å²) in [7, 11) is 0. The summed E-state index contributed by atoms with van der Waals surface area (Å²) in [6.45, 7) is 4.58. The number of ether oxygens (including phenoxy) is 2. The van der Waals surface area contributed by atoms with Crippen LogP contribution < -0.4 is 14.8 Å². The van der Waals surface area contributed by atoms with E-state index in [4.69, 9.17) is 32.7 Å². The lowest BCUT2D eigenvalue weighted by Gasteiger charge is -2.31. The van der Waals surface area contributed by atoms with Crippen LogP contribution in [0.25, 0.3) is 0 Å². The average molecular weight is 465 g/mol. The zero-order chi connectivity index (χ0) is 22.4. The van der Waals surface area contributed by atoms with Crippen molar-refractivity contribution in [1.29, 1.82) is 0 Å². The Labute approximate surface area is 192 Å². The van der Waals surface area contributed by atoms with E-state index in [1.54, 1.807) is 23.1 Å². The number of carbonyl (C=O) groups excluding carboxylic acids is 2. The molecule has 1 aliphatic rings. The maximum absolute atomic E-state index is 13.3. The van der Waals surface area contributed by atoms with Gasteiger partial charge in [0, 0.05) is 35.1 Å². The van der Waals surface area contributed by atoms with Crippen molar-refractivity contribution in [2.45, 2.75) is 45.7 Å². The van der Waals surface area contributed by atoms with E-state index in [9.17, 15) is 9.59 Å². The summed E-state index contributed by atoms with van der Waals surface area (Å²) < 4.78 is 10.7. The molecule has 1 heterocycles. The number of carbonyl (C=O) groups is 2. The van der Waals surface area contributed by atoms with Crippen molar-refractivity contribution >= 4 is 35.0 Å². The fourth-order valence-corrected chi connectivity index (χ4v) is 4.07. The number of halogens is 2. The Hall–Kier alpha value is -2.44. The molecule has 0 aliphatic carbocycles. The molecule has 0 saturated carbocycles.